The fraction of sp³-hybridized carbons (Fsp3) is 0.533. The third-order valence-electron chi connectivity index (χ3n) is 3.45. The minimum Gasteiger partial charge on any atom is -0.350 e. The second-order valence-corrected chi connectivity index (χ2v) is 5.01. The molecule has 0 amide bonds. The minimum absolute atomic E-state index is 0.0987. The lowest BCUT2D eigenvalue weighted by atomic mass is 9.97. The third kappa shape index (κ3) is 2.98. The quantitative estimate of drug-likeness (QED) is 0.769. The molecule has 18 heavy (non-hydrogen) atoms. The van der Waals surface area contributed by atoms with E-state index in [0.717, 1.165) is 11.1 Å². The van der Waals surface area contributed by atoms with Crippen molar-refractivity contribution in [3.63, 3.8) is 0 Å². The summed E-state index contributed by atoms with van der Waals surface area (Å²) in [5.41, 5.74) is 3.15. The maximum atomic E-state index is 12.2. The molecule has 2 rings (SSSR count). The molecule has 1 aromatic rings. The molecular weight excluding hydrogens is 228 g/mol. The van der Waals surface area contributed by atoms with Crippen molar-refractivity contribution in [2.24, 2.45) is 5.92 Å². The van der Waals surface area contributed by atoms with Crippen molar-refractivity contribution in [1.82, 2.24) is 0 Å². The van der Waals surface area contributed by atoms with Crippen LogP contribution in [0.25, 0.3) is 0 Å². The van der Waals surface area contributed by atoms with Crippen molar-refractivity contribution >= 4 is 5.78 Å². The summed E-state index contributed by atoms with van der Waals surface area (Å²) in [5.74, 6) is 0.256. The van der Waals surface area contributed by atoms with E-state index >= 15 is 0 Å². The van der Waals surface area contributed by atoms with Crippen LogP contribution >= 0.6 is 0 Å². The van der Waals surface area contributed by atoms with Gasteiger partial charge in [0.05, 0.1) is 13.2 Å². The molecule has 0 aliphatic carbocycles. The molecule has 1 unspecified atom stereocenters. The van der Waals surface area contributed by atoms with Crippen LogP contribution in [0.15, 0.2) is 18.2 Å². The first-order valence-electron chi connectivity index (χ1n) is 6.41. The molecule has 1 atom stereocenters. The zero-order valence-electron chi connectivity index (χ0n) is 11.2. The number of ketones is 1. The summed E-state index contributed by atoms with van der Waals surface area (Å²) in [7, 11) is 0. The molecule has 0 spiro atoms. The maximum Gasteiger partial charge on any atom is 0.163 e. The second-order valence-electron chi connectivity index (χ2n) is 5.01. The van der Waals surface area contributed by atoms with E-state index in [0.29, 0.717) is 19.6 Å². The van der Waals surface area contributed by atoms with Crippen LogP contribution < -0.4 is 0 Å². The largest absolute Gasteiger partial charge is 0.350 e. The summed E-state index contributed by atoms with van der Waals surface area (Å²) in [6.45, 7) is 7.33. The Morgan fingerprint density at radius 2 is 1.94 bits per heavy atom. The number of ether oxygens (including phenoxy) is 2. The summed E-state index contributed by atoms with van der Waals surface area (Å²) in [5, 5.41) is 0. The molecule has 0 bridgehead atoms. The Labute approximate surface area is 108 Å². The minimum atomic E-state index is -0.222. The van der Waals surface area contributed by atoms with Crippen LogP contribution in [0.2, 0.25) is 0 Å². The Bertz CT molecular complexity index is 433. The number of aryl methyl sites for hydroxylation is 2. The van der Waals surface area contributed by atoms with Gasteiger partial charge in [-0.15, -0.1) is 0 Å². The molecule has 98 valence electrons. The molecule has 1 heterocycles. The summed E-state index contributed by atoms with van der Waals surface area (Å²) in [6.07, 6.45) is 0.244. The number of carbonyl (C=O) groups is 1. The Kier molecular flexibility index (Phi) is 4.15. The molecule has 0 aromatic heterocycles. The highest BCUT2D eigenvalue weighted by Crippen LogP contribution is 2.20. The zero-order valence-corrected chi connectivity index (χ0v) is 11.2. The van der Waals surface area contributed by atoms with Crippen LogP contribution in [-0.2, 0) is 9.47 Å². The summed E-state index contributed by atoms with van der Waals surface area (Å²) in [4.78, 5) is 12.2. The predicted octanol–water partition coefficient (Wildman–Crippen LogP) is 2.89. The van der Waals surface area contributed by atoms with Gasteiger partial charge in [0.1, 0.15) is 0 Å². The van der Waals surface area contributed by atoms with Crippen LogP contribution in [0.4, 0.5) is 0 Å². The summed E-state index contributed by atoms with van der Waals surface area (Å²) >= 11 is 0. The van der Waals surface area contributed by atoms with E-state index < -0.39 is 0 Å². The molecule has 3 nitrogen and oxygen atoms in total. The van der Waals surface area contributed by atoms with E-state index in [1.807, 2.05) is 39.0 Å². The lowest BCUT2D eigenvalue weighted by molar-refractivity contribution is -0.0779. The Morgan fingerprint density at radius 1 is 1.28 bits per heavy atom. The molecule has 0 radical (unpaired) electrons. The van der Waals surface area contributed by atoms with Gasteiger partial charge >= 0.3 is 0 Å². The van der Waals surface area contributed by atoms with Gasteiger partial charge in [-0.1, -0.05) is 19.1 Å². The maximum absolute atomic E-state index is 12.2. The van der Waals surface area contributed by atoms with E-state index in [2.05, 4.69) is 0 Å². The van der Waals surface area contributed by atoms with E-state index in [4.69, 9.17) is 9.47 Å². The van der Waals surface area contributed by atoms with Crippen LogP contribution in [0, 0.1) is 19.8 Å². The van der Waals surface area contributed by atoms with Gasteiger partial charge in [-0.05, 0) is 31.0 Å². The smallest absolute Gasteiger partial charge is 0.163 e. The van der Waals surface area contributed by atoms with E-state index in [1.54, 1.807) is 0 Å². The fourth-order valence-corrected chi connectivity index (χ4v) is 2.13. The Balaban J connectivity index is 2.00. The van der Waals surface area contributed by atoms with Crippen molar-refractivity contribution in [2.45, 2.75) is 33.5 Å². The predicted molar refractivity (Wildman–Crippen MR) is 69.7 cm³/mol. The van der Waals surface area contributed by atoms with Crippen LogP contribution in [-0.4, -0.2) is 25.3 Å². The van der Waals surface area contributed by atoms with Gasteiger partial charge in [-0.2, -0.15) is 0 Å². The first-order chi connectivity index (χ1) is 8.58. The van der Waals surface area contributed by atoms with Crippen LogP contribution in [0.3, 0.4) is 0 Å². The Hall–Kier alpha value is -1.19. The molecule has 1 aromatic carbocycles. The highest BCUT2D eigenvalue weighted by Gasteiger charge is 2.25. The van der Waals surface area contributed by atoms with E-state index in [9.17, 15) is 4.79 Å². The van der Waals surface area contributed by atoms with Gasteiger partial charge < -0.3 is 9.47 Å². The third-order valence-corrected chi connectivity index (χ3v) is 3.45. The van der Waals surface area contributed by atoms with Crippen LogP contribution in [0.5, 0.6) is 0 Å². The van der Waals surface area contributed by atoms with Gasteiger partial charge in [-0.25, -0.2) is 0 Å². The van der Waals surface area contributed by atoms with E-state index in [-0.39, 0.29) is 18.0 Å². The second kappa shape index (κ2) is 5.63. The number of benzene rings is 1. The molecule has 1 aliphatic rings. The lowest BCUT2D eigenvalue weighted by Crippen LogP contribution is -2.21. The summed E-state index contributed by atoms with van der Waals surface area (Å²) < 4.78 is 10.8. The molecular formula is C15H20O3. The van der Waals surface area contributed by atoms with Gasteiger partial charge in [0, 0.05) is 17.9 Å². The number of Topliss-reactive ketones (excluding diaryl/α,β-unsaturated/α-hetero) is 1. The monoisotopic (exact) mass is 248 g/mol. The SMILES string of the molecule is Cc1ccc(C(=O)CC(C)C2OCCO2)cc1C. The normalized spacial score (nSPS) is 17.9. The van der Waals surface area contributed by atoms with Crippen LogP contribution in [0.1, 0.15) is 34.8 Å². The zero-order chi connectivity index (χ0) is 13.1. The van der Waals surface area contributed by atoms with Crippen molar-refractivity contribution in [3.8, 4) is 0 Å². The standard InChI is InChI=1S/C15H20O3/c1-10-4-5-13(8-11(10)2)14(16)9-12(3)15-17-6-7-18-15/h4-5,8,12,15H,6-7,9H2,1-3H3. The molecule has 1 aliphatic heterocycles. The Morgan fingerprint density at radius 3 is 2.56 bits per heavy atom. The number of carbonyl (C=O) groups excluding carboxylic acids is 1. The highest BCUT2D eigenvalue weighted by molar-refractivity contribution is 5.96. The molecule has 1 saturated heterocycles. The van der Waals surface area contributed by atoms with E-state index in [1.165, 1.54) is 5.56 Å². The molecule has 0 N–H and O–H groups in total. The number of hydrogen-bond donors (Lipinski definition) is 0. The molecule has 1 fully saturated rings. The molecule has 0 saturated carbocycles. The van der Waals surface area contributed by atoms with Crippen molar-refractivity contribution < 1.29 is 14.3 Å². The summed E-state index contributed by atoms with van der Waals surface area (Å²) in [6, 6.07) is 5.85. The number of rotatable bonds is 4. The van der Waals surface area contributed by atoms with Gasteiger partial charge in [0.15, 0.2) is 12.1 Å². The van der Waals surface area contributed by atoms with Crippen molar-refractivity contribution in [1.29, 1.82) is 0 Å². The first-order valence-corrected chi connectivity index (χ1v) is 6.41. The fourth-order valence-electron chi connectivity index (χ4n) is 2.13. The average molecular weight is 248 g/mol. The topological polar surface area (TPSA) is 35.5 Å². The number of hydrogen-bond acceptors (Lipinski definition) is 3. The molecule has 3 heteroatoms. The van der Waals surface area contributed by atoms with Gasteiger partial charge in [-0.3, -0.25) is 4.79 Å². The average Bonchev–Trinajstić information content (AvgIpc) is 2.86. The van der Waals surface area contributed by atoms with Crippen molar-refractivity contribution in [2.75, 3.05) is 13.2 Å². The van der Waals surface area contributed by atoms with Gasteiger partial charge in [0.2, 0.25) is 0 Å². The first kappa shape index (κ1) is 13.2. The van der Waals surface area contributed by atoms with Crippen molar-refractivity contribution in [3.05, 3.63) is 34.9 Å². The lowest BCUT2D eigenvalue weighted by Gasteiger charge is -2.17. The van der Waals surface area contributed by atoms with Gasteiger partial charge in [0.25, 0.3) is 0 Å². The highest BCUT2D eigenvalue weighted by atomic mass is 16.7.